The summed E-state index contributed by atoms with van der Waals surface area (Å²) in [5.74, 6) is 0.308. The molecule has 0 aromatic carbocycles. The Morgan fingerprint density at radius 3 is 2.83 bits per heavy atom. The molecule has 8 nitrogen and oxygen atoms in total. The van der Waals surface area contributed by atoms with Gasteiger partial charge in [-0.15, -0.1) is 0 Å². The van der Waals surface area contributed by atoms with Crippen molar-refractivity contribution in [1.29, 1.82) is 0 Å². The molecule has 2 rings (SSSR count). The van der Waals surface area contributed by atoms with Crippen molar-refractivity contribution < 1.29 is 14.5 Å². The highest BCUT2D eigenvalue weighted by atomic mass is 16.6. The predicted octanol–water partition coefficient (Wildman–Crippen LogP) is 0.664. The van der Waals surface area contributed by atoms with E-state index in [1.165, 1.54) is 17.0 Å². The van der Waals surface area contributed by atoms with Crippen LogP contribution in [0.25, 0.3) is 0 Å². The van der Waals surface area contributed by atoms with E-state index in [0.717, 1.165) is 6.20 Å². The van der Waals surface area contributed by atoms with Crippen molar-refractivity contribution in [3.63, 3.8) is 0 Å². The number of amides is 1. The Labute approximate surface area is 102 Å². The van der Waals surface area contributed by atoms with Crippen molar-refractivity contribution >= 4 is 17.6 Å². The summed E-state index contributed by atoms with van der Waals surface area (Å²) in [5.41, 5.74) is 4.64. The lowest BCUT2D eigenvalue weighted by atomic mass is 10.1. The van der Waals surface area contributed by atoms with Crippen molar-refractivity contribution in [2.75, 3.05) is 18.0 Å². The second-order valence-electron chi connectivity index (χ2n) is 4.24. The Morgan fingerprint density at radius 1 is 1.67 bits per heavy atom. The minimum Gasteiger partial charge on any atom is -0.440 e. The fourth-order valence-corrected chi connectivity index (χ4v) is 1.62. The van der Waals surface area contributed by atoms with Crippen molar-refractivity contribution in [3.05, 3.63) is 28.4 Å². The molecule has 1 amide bonds. The fourth-order valence-electron chi connectivity index (χ4n) is 1.62. The summed E-state index contributed by atoms with van der Waals surface area (Å²) in [6, 6.07) is 2.69. The standard InChI is InChI=1S/C10H12N4O4/c1-10(5-11)6-13(9(15)18-10)8-3-2-7(4-12-8)14(16)17/h2-4H,5-6,11H2,1H3. The highest BCUT2D eigenvalue weighted by molar-refractivity contribution is 5.89. The largest absolute Gasteiger partial charge is 0.440 e. The zero-order chi connectivity index (χ0) is 13.3. The highest BCUT2D eigenvalue weighted by Crippen LogP contribution is 2.26. The van der Waals surface area contributed by atoms with E-state index in [1.54, 1.807) is 6.92 Å². The van der Waals surface area contributed by atoms with Crippen LogP contribution in [-0.4, -0.2) is 34.7 Å². The monoisotopic (exact) mass is 252 g/mol. The zero-order valence-electron chi connectivity index (χ0n) is 9.70. The van der Waals surface area contributed by atoms with Crippen LogP contribution in [0, 0.1) is 10.1 Å². The number of hydrogen-bond acceptors (Lipinski definition) is 6. The molecule has 8 heteroatoms. The normalized spacial score (nSPS) is 23.0. The third-order valence-corrected chi connectivity index (χ3v) is 2.70. The lowest BCUT2D eigenvalue weighted by molar-refractivity contribution is -0.385. The van der Waals surface area contributed by atoms with Crippen LogP contribution in [0.3, 0.4) is 0 Å². The van der Waals surface area contributed by atoms with Gasteiger partial charge in [0, 0.05) is 12.6 Å². The summed E-state index contributed by atoms with van der Waals surface area (Å²) in [6.45, 7) is 2.19. The molecular weight excluding hydrogens is 240 g/mol. The molecule has 1 unspecified atom stereocenters. The lowest BCUT2D eigenvalue weighted by Gasteiger charge is -2.18. The van der Waals surface area contributed by atoms with Crippen LogP contribution in [-0.2, 0) is 4.74 Å². The maximum atomic E-state index is 11.6. The number of ether oxygens (including phenoxy) is 1. The van der Waals surface area contributed by atoms with Crippen LogP contribution in [0.5, 0.6) is 0 Å². The van der Waals surface area contributed by atoms with E-state index in [2.05, 4.69) is 4.98 Å². The van der Waals surface area contributed by atoms with Crippen LogP contribution in [0.4, 0.5) is 16.3 Å². The Balaban J connectivity index is 2.22. The minimum absolute atomic E-state index is 0.132. The van der Waals surface area contributed by atoms with Gasteiger partial charge in [-0.1, -0.05) is 0 Å². The fraction of sp³-hybridized carbons (Fsp3) is 0.400. The second kappa shape index (κ2) is 4.22. The van der Waals surface area contributed by atoms with Gasteiger partial charge in [-0.3, -0.25) is 15.0 Å². The van der Waals surface area contributed by atoms with Gasteiger partial charge in [0.15, 0.2) is 0 Å². The topological polar surface area (TPSA) is 112 Å². The number of rotatable bonds is 3. The van der Waals surface area contributed by atoms with Crippen LogP contribution >= 0.6 is 0 Å². The van der Waals surface area contributed by atoms with Gasteiger partial charge in [0.05, 0.1) is 11.5 Å². The number of carbonyl (C=O) groups is 1. The molecule has 1 atom stereocenters. The first-order valence-corrected chi connectivity index (χ1v) is 5.26. The molecule has 1 aliphatic rings. The number of nitro groups is 1. The number of nitrogens with two attached hydrogens (primary N) is 1. The molecule has 0 spiro atoms. The molecule has 18 heavy (non-hydrogen) atoms. The number of pyridine rings is 1. The number of nitrogens with zero attached hydrogens (tertiary/aromatic N) is 3. The molecular formula is C10H12N4O4. The van der Waals surface area contributed by atoms with Gasteiger partial charge in [0.25, 0.3) is 5.69 Å². The summed E-state index contributed by atoms with van der Waals surface area (Å²) in [6.07, 6.45) is 0.546. The van der Waals surface area contributed by atoms with Crippen LogP contribution in [0.2, 0.25) is 0 Å². The third kappa shape index (κ3) is 2.09. The first-order valence-electron chi connectivity index (χ1n) is 5.26. The molecule has 0 radical (unpaired) electrons. The van der Waals surface area contributed by atoms with Gasteiger partial charge < -0.3 is 10.5 Å². The number of anilines is 1. The van der Waals surface area contributed by atoms with Crippen molar-refractivity contribution in [2.24, 2.45) is 5.73 Å². The van der Waals surface area contributed by atoms with Crippen molar-refractivity contribution in [2.45, 2.75) is 12.5 Å². The first kappa shape index (κ1) is 12.2. The van der Waals surface area contributed by atoms with E-state index < -0.39 is 16.6 Å². The maximum absolute atomic E-state index is 11.6. The van der Waals surface area contributed by atoms with Gasteiger partial charge in [0.1, 0.15) is 17.6 Å². The molecule has 1 aromatic heterocycles. The van der Waals surface area contributed by atoms with E-state index in [0.29, 0.717) is 5.82 Å². The maximum Gasteiger partial charge on any atom is 0.416 e. The summed E-state index contributed by atoms with van der Waals surface area (Å²) in [7, 11) is 0. The van der Waals surface area contributed by atoms with Crippen LogP contribution in [0.15, 0.2) is 18.3 Å². The quantitative estimate of drug-likeness (QED) is 0.624. The molecule has 2 N–H and O–H groups in total. The number of cyclic esters (lactones) is 1. The Hall–Kier alpha value is -2.22. The molecule has 1 aromatic rings. The van der Waals surface area contributed by atoms with Gasteiger partial charge in [-0.25, -0.2) is 9.78 Å². The van der Waals surface area contributed by atoms with Crippen molar-refractivity contribution in [1.82, 2.24) is 4.98 Å². The Morgan fingerprint density at radius 2 is 2.39 bits per heavy atom. The molecule has 0 bridgehead atoms. The lowest BCUT2D eigenvalue weighted by Crippen LogP contribution is -2.38. The van der Waals surface area contributed by atoms with Gasteiger partial charge >= 0.3 is 6.09 Å². The number of carbonyl (C=O) groups excluding carboxylic acids is 1. The summed E-state index contributed by atoms with van der Waals surface area (Å²) < 4.78 is 5.13. The molecule has 0 aliphatic carbocycles. The van der Waals surface area contributed by atoms with E-state index in [1.807, 2.05) is 0 Å². The van der Waals surface area contributed by atoms with E-state index in [9.17, 15) is 14.9 Å². The average molecular weight is 252 g/mol. The minimum atomic E-state index is -0.749. The van der Waals surface area contributed by atoms with Gasteiger partial charge in [0.2, 0.25) is 0 Å². The predicted molar refractivity (Wildman–Crippen MR) is 62.2 cm³/mol. The van der Waals surface area contributed by atoms with E-state index in [-0.39, 0.29) is 18.8 Å². The summed E-state index contributed by atoms with van der Waals surface area (Å²) >= 11 is 0. The first-order chi connectivity index (χ1) is 8.45. The Kier molecular flexibility index (Phi) is 2.87. The number of aromatic nitrogens is 1. The zero-order valence-corrected chi connectivity index (χ0v) is 9.70. The highest BCUT2D eigenvalue weighted by Gasteiger charge is 2.41. The van der Waals surface area contributed by atoms with Gasteiger partial charge in [-0.2, -0.15) is 0 Å². The number of hydrogen-bond donors (Lipinski definition) is 1. The second-order valence-corrected chi connectivity index (χ2v) is 4.24. The Bertz CT molecular complexity index is 489. The SMILES string of the molecule is CC1(CN)CN(c2ccc([N+](=O)[O-])cn2)C(=O)O1. The van der Waals surface area contributed by atoms with Gasteiger partial charge in [-0.05, 0) is 13.0 Å². The average Bonchev–Trinajstić information content (AvgIpc) is 2.66. The van der Waals surface area contributed by atoms with Crippen LogP contribution in [0.1, 0.15) is 6.92 Å². The molecule has 96 valence electrons. The smallest absolute Gasteiger partial charge is 0.416 e. The third-order valence-electron chi connectivity index (χ3n) is 2.70. The summed E-state index contributed by atoms with van der Waals surface area (Å²) in [5, 5.41) is 10.5. The van der Waals surface area contributed by atoms with Crippen molar-refractivity contribution in [3.8, 4) is 0 Å². The molecule has 1 fully saturated rings. The molecule has 2 heterocycles. The summed E-state index contributed by atoms with van der Waals surface area (Å²) in [4.78, 5) is 26.8. The molecule has 1 saturated heterocycles. The molecule has 1 aliphatic heterocycles. The molecule has 0 saturated carbocycles. The van der Waals surface area contributed by atoms with E-state index in [4.69, 9.17) is 10.5 Å². The van der Waals surface area contributed by atoms with Crippen LogP contribution < -0.4 is 10.6 Å². The van der Waals surface area contributed by atoms with E-state index >= 15 is 0 Å².